The lowest BCUT2D eigenvalue weighted by Gasteiger charge is -2.28. The summed E-state index contributed by atoms with van der Waals surface area (Å²) in [6, 6.07) is 12.8. The van der Waals surface area contributed by atoms with E-state index in [-0.39, 0.29) is 12.1 Å². The molecule has 0 saturated heterocycles. The van der Waals surface area contributed by atoms with Crippen LogP contribution in [0.15, 0.2) is 42.5 Å². The van der Waals surface area contributed by atoms with Crippen LogP contribution in [-0.4, -0.2) is 20.3 Å². The summed E-state index contributed by atoms with van der Waals surface area (Å²) in [6.45, 7) is 0. The number of para-hydroxylation sites is 1. The lowest BCUT2D eigenvalue weighted by Crippen LogP contribution is -2.38. The normalized spacial score (nSPS) is 16.5. The van der Waals surface area contributed by atoms with E-state index in [4.69, 9.17) is 9.47 Å². The van der Waals surface area contributed by atoms with Gasteiger partial charge in [0.2, 0.25) is 0 Å². The molecule has 1 aliphatic rings. The second-order valence-corrected chi connectivity index (χ2v) is 4.73. The SMILES string of the molecule is COc1ccc(C2NC(=O)Nc3ccccc32)c(OC)c1. The Morgan fingerprint density at radius 1 is 1.00 bits per heavy atom. The van der Waals surface area contributed by atoms with Crippen molar-refractivity contribution in [3.8, 4) is 11.5 Å². The lowest BCUT2D eigenvalue weighted by molar-refractivity contribution is 0.248. The fraction of sp³-hybridized carbons (Fsp3) is 0.188. The molecule has 21 heavy (non-hydrogen) atoms. The van der Waals surface area contributed by atoms with Crippen LogP contribution in [0.4, 0.5) is 10.5 Å². The molecule has 0 bridgehead atoms. The fourth-order valence-electron chi connectivity index (χ4n) is 2.53. The number of carbonyl (C=O) groups is 1. The highest BCUT2D eigenvalue weighted by Gasteiger charge is 2.27. The second kappa shape index (κ2) is 5.36. The number of amides is 2. The molecule has 0 aromatic heterocycles. The van der Waals surface area contributed by atoms with Gasteiger partial charge in [-0.05, 0) is 18.2 Å². The summed E-state index contributed by atoms with van der Waals surface area (Å²) in [5.41, 5.74) is 2.70. The van der Waals surface area contributed by atoms with Gasteiger partial charge >= 0.3 is 6.03 Å². The number of nitrogens with one attached hydrogen (secondary N) is 2. The van der Waals surface area contributed by atoms with Crippen LogP contribution in [0.3, 0.4) is 0 Å². The molecular formula is C16H16N2O3. The van der Waals surface area contributed by atoms with E-state index < -0.39 is 0 Å². The monoisotopic (exact) mass is 284 g/mol. The number of rotatable bonds is 3. The van der Waals surface area contributed by atoms with Crippen molar-refractivity contribution in [3.63, 3.8) is 0 Å². The van der Waals surface area contributed by atoms with Crippen LogP contribution in [0.2, 0.25) is 0 Å². The third-order valence-electron chi connectivity index (χ3n) is 3.55. The average molecular weight is 284 g/mol. The van der Waals surface area contributed by atoms with E-state index in [1.54, 1.807) is 14.2 Å². The minimum atomic E-state index is -0.254. The molecule has 2 amide bonds. The molecule has 0 saturated carbocycles. The summed E-state index contributed by atoms with van der Waals surface area (Å²) in [4.78, 5) is 11.8. The van der Waals surface area contributed by atoms with Crippen LogP contribution >= 0.6 is 0 Å². The topological polar surface area (TPSA) is 59.6 Å². The maximum Gasteiger partial charge on any atom is 0.320 e. The number of anilines is 1. The third-order valence-corrected chi connectivity index (χ3v) is 3.55. The standard InChI is InChI=1S/C16H16N2O3/c1-20-10-7-8-12(14(9-10)21-2)15-11-5-3-4-6-13(11)17-16(19)18-15/h3-9,15H,1-2H3,(H2,17,18,19). The molecule has 5 heteroatoms. The molecule has 1 heterocycles. The number of fused-ring (bicyclic) bond motifs is 1. The maximum absolute atomic E-state index is 11.8. The Balaban J connectivity index is 2.10. The Bertz CT molecular complexity index is 685. The molecule has 2 aromatic carbocycles. The van der Waals surface area contributed by atoms with Crippen LogP contribution < -0.4 is 20.1 Å². The minimum Gasteiger partial charge on any atom is -0.497 e. The van der Waals surface area contributed by atoms with Gasteiger partial charge in [-0.15, -0.1) is 0 Å². The molecule has 2 N–H and O–H groups in total. The van der Waals surface area contributed by atoms with Gasteiger partial charge < -0.3 is 20.1 Å². The predicted molar refractivity (Wildman–Crippen MR) is 80.0 cm³/mol. The van der Waals surface area contributed by atoms with Crippen molar-refractivity contribution >= 4 is 11.7 Å². The molecule has 0 spiro atoms. The number of hydrogen-bond acceptors (Lipinski definition) is 3. The quantitative estimate of drug-likeness (QED) is 0.911. The van der Waals surface area contributed by atoms with Gasteiger partial charge in [0.1, 0.15) is 11.5 Å². The Labute approximate surface area is 122 Å². The van der Waals surface area contributed by atoms with Gasteiger partial charge in [-0.3, -0.25) is 0 Å². The molecule has 108 valence electrons. The molecule has 1 atom stereocenters. The molecule has 1 unspecified atom stereocenters. The highest BCUT2D eigenvalue weighted by Crippen LogP contribution is 2.37. The first-order valence-corrected chi connectivity index (χ1v) is 6.61. The van der Waals surface area contributed by atoms with Crippen molar-refractivity contribution in [1.82, 2.24) is 5.32 Å². The molecule has 5 nitrogen and oxygen atoms in total. The van der Waals surface area contributed by atoms with Crippen molar-refractivity contribution in [2.75, 3.05) is 19.5 Å². The Morgan fingerprint density at radius 2 is 1.81 bits per heavy atom. The highest BCUT2D eigenvalue weighted by atomic mass is 16.5. The Morgan fingerprint density at radius 3 is 2.57 bits per heavy atom. The van der Waals surface area contributed by atoms with Gasteiger partial charge in [0, 0.05) is 22.9 Å². The average Bonchev–Trinajstić information content (AvgIpc) is 2.53. The molecule has 0 aliphatic carbocycles. The molecular weight excluding hydrogens is 268 g/mol. The number of urea groups is 1. The molecule has 0 fully saturated rings. The third kappa shape index (κ3) is 2.38. The van der Waals surface area contributed by atoms with Crippen LogP contribution in [0.1, 0.15) is 17.2 Å². The smallest absolute Gasteiger partial charge is 0.320 e. The van der Waals surface area contributed by atoms with E-state index in [0.717, 1.165) is 16.8 Å². The van der Waals surface area contributed by atoms with Crippen molar-refractivity contribution in [2.45, 2.75) is 6.04 Å². The molecule has 3 rings (SSSR count). The second-order valence-electron chi connectivity index (χ2n) is 4.73. The minimum absolute atomic E-state index is 0.225. The summed E-state index contributed by atoms with van der Waals surface area (Å²) in [5.74, 6) is 1.39. The van der Waals surface area contributed by atoms with Crippen molar-refractivity contribution in [2.24, 2.45) is 0 Å². The first-order valence-electron chi connectivity index (χ1n) is 6.61. The van der Waals surface area contributed by atoms with Gasteiger partial charge in [0.15, 0.2) is 0 Å². The molecule has 2 aromatic rings. The number of methoxy groups -OCH3 is 2. The zero-order valence-electron chi connectivity index (χ0n) is 11.8. The molecule has 0 radical (unpaired) electrons. The highest BCUT2D eigenvalue weighted by molar-refractivity contribution is 5.93. The van der Waals surface area contributed by atoms with Gasteiger partial charge in [0.25, 0.3) is 0 Å². The van der Waals surface area contributed by atoms with Crippen molar-refractivity contribution in [1.29, 1.82) is 0 Å². The van der Waals surface area contributed by atoms with Gasteiger partial charge in [-0.25, -0.2) is 4.79 Å². The van der Waals surface area contributed by atoms with E-state index in [0.29, 0.717) is 11.5 Å². The van der Waals surface area contributed by atoms with Gasteiger partial charge in [0.05, 0.1) is 20.3 Å². The van der Waals surface area contributed by atoms with Crippen LogP contribution in [0.5, 0.6) is 11.5 Å². The first-order chi connectivity index (χ1) is 10.2. The Hall–Kier alpha value is -2.69. The van der Waals surface area contributed by atoms with Crippen molar-refractivity contribution in [3.05, 3.63) is 53.6 Å². The zero-order valence-corrected chi connectivity index (χ0v) is 11.8. The van der Waals surface area contributed by atoms with E-state index in [2.05, 4.69) is 10.6 Å². The Kier molecular flexibility index (Phi) is 3.39. The van der Waals surface area contributed by atoms with Crippen LogP contribution in [-0.2, 0) is 0 Å². The predicted octanol–water partition coefficient (Wildman–Crippen LogP) is 2.93. The summed E-state index contributed by atoms with van der Waals surface area (Å²) in [5, 5.41) is 5.73. The summed E-state index contributed by atoms with van der Waals surface area (Å²) < 4.78 is 10.6. The lowest BCUT2D eigenvalue weighted by atomic mass is 9.95. The molecule has 1 aliphatic heterocycles. The van der Waals surface area contributed by atoms with E-state index in [9.17, 15) is 4.79 Å². The van der Waals surface area contributed by atoms with Crippen LogP contribution in [0, 0.1) is 0 Å². The fourth-order valence-corrected chi connectivity index (χ4v) is 2.53. The van der Waals surface area contributed by atoms with Gasteiger partial charge in [-0.1, -0.05) is 18.2 Å². The van der Waals surface area contributed by atoms with Crippen molar-refractivity contribution < 1.29 is 14.3 Å². The number of hydrogen-bond donors (Lipinski definition) is 2. The number of ether oxygens (including phenoxy) is 2. The summed E-state index contributed by atoms with van der Waals surface area (Å²) in [6.07, 6.45) is 0. The summed E-state index contributed by atoms with van der Waals surface area (Å²) >= 11 is 0. The zero-order chi connectivity index (χ0) is 14.8. The van der Waals surface area contributed by atoms with E-state index in [1.807, 2.05) is 42.5 Å². The maximum atomic E-state index is 11.8. The number of benzene rings is 2. The van der Waals surface area contributed by atoms with E-state index in [1.165, 1.54) is 0 Å². The van der Waals surface area contributed by atoms with E-state index >= 15 is 0 Å². The van der Waals surface area contributed by atoms with Gasteiger partial charge in [-0.2, -0.15) is 0 Å². The van der Waals surface area contributed by atoms with Crippen LogP contribution in [0.25, 0.3) is 0 Å². The largest absolute Gasteiger partial charge is 0.497 e. The summed E-state index contributed by atoms with van der Waals surface area (Å²) in [7, 11) is 3.21. The first kappa shape index (κ1) is 13.3. The number of carbonyl (C=O) groups excluding carboxylic acids is 1.